The molecule has 0 aliphatic carbocycles. The van der Waals surface area contributed by atoms with E-state index in [-0.39, 0.29) is 22.3 Å². The van der Waals surface area contributed by atoms with E-state index >= 15 is 0 Å². The molecule has 0 radical (unpaired) electrons. The van der Waals surface area contributed by atoms with Crippen molar-refractivity contribution in [2.45, 2.75) is 49.7 Å². The normalized spacial score (nSPS) is 16.8. The van der Waals surface area contributed by atoms with Gasteiger partial charge in [0.05, 0.1) is 11.6 Å². The van der Waals surface area contributed by atoms with E-state index in [0.29, 0.717) is 32.7 Å². The van der Waals surface area contributed by atoms with Gasteiger partial charge in [0.15, 0.2) is 4.34 Å². The van der Waals surface area contributed by atoms with Gasteiger partial charge < -0.3 is 5.11 Å². The van der Waals surface area contributed by atoms with E-state index in [4.69, 9.17) is 0 Å². The number of hydrogen-bond donors (Lipinski definition) is 1. The fraction of sp³-hybridized carbons (Fsp3) is 0.226. The Hall–Kier alpha value is -3.82. The van der Waals surface area contributed by atoms with Crippen LogP contribution in [0.5, 0.6) is 0 Å². The van der Waals surface area contributed by atoms with Gasteiger partial charge >= 0.3 is 5.91 Å². The van der Waals surface area contributed by atoms with Gasteiger partial charge in [0, 0.05) is 11.3 Å². The standard InChI is InChI=1S/C31H28FN3O3S2/c1-17(2)20-11-13-21(14-12-20)26-25(27(36)23-15-18(3)9-10-19(23)4)28(37)29(38)35(26)30-33-34-31(40-30)39-16-22-7-5-6-8-24(22)32/h5-15,17,26,36H,16H2,1-4H3/b27-25+. The Morgan fingerprint density at radius 3 is 2.48 bits per heavy atom. The van der Waals surface area contributed by atoms with Crippen LogP contribution in [0.2, 0.25) is 0 Å². The predicted octanol–water partition coefficient (Wildman–Crippen LogP) is 7.34. The first kappa shape index (κ1) is 27.7. The molecule has 0 saturated carbocycles. The largest absolute Gasteiger partial charge is 0.507 e. The number of ketones is 1. The summed E-state index contributed by atoms with van der Waals surface area (Å²) in [6.07, 6.45) is 0. The van der Waals surface area contributed by atoms with Crippen LogP contribution in [-0.4, -0.2) is 27.0 Å². The molecule has 9 heteroatoms. The smallest absolute Gasteiger partial charge is 0.301 e. The summed E-state index contributed by atoms with van der Waals surface area (Å²) in [5.41, 5.74) is 4.52. The molecule has 40 heavy (non-hydrogen) atoms. The summed E-state index contributed by atoms with van der Waals surface area (Å²) < 4.78 is 14.6. The van der Waals surface area contributed by atoms with Crippen molar-refractivity contribution >= 4 is 45.7 Å². The van der Waals surface area contributed by atoms with Gasteiger partial charge in [-0.25, -0.2) is 4.39 Å². The maximum absolute atomic E-state index is 14.1. The third-order valence-corrected chi connectivity index (χ3v) is 9.03. The topological polar surface area (TPSA) is 83.4 Å². The number of aliphatic hydroxyl groups excluding tert-OH is 1. The van der Waals surface area contributed by atoms with E-state index in [0.717, 1.165) is 28.0 Å². The average Bonchev–Trinajstić information content (AvgIpc) is 3.51. The summed E-state index contributed by atoms with van der Waals surface area (Å²) in [6.45, 7) is 7.92. The molecule has 4 aromatic rings. The molecule has 0 spiro atoms. The summed E-state index contributed by atoms with van der Waals surface area (Å²) in [4.78, 5) is 28.3. The van der Waals surface area contributed by atoms with Crippen molar-refractivity contribution in [3.05, 3.63) is 112 Å². The first-order valence-electron chi connectivity index (χ1n) is 12.8. The van der Waals surface area contributed by atoms with E-state index < -0.39 is 17.7 Å². The van der Waals surface area contributed by atoms with Crippen LogP contribution < -0.4 is 4.90 Å². The first-order valence-corrected chi connectivity index (χ1v) is 14.6. The number of carbonyl (C=O) groups excluding carboxylic acids is 2. The Labute approximate surface area is 240 Å². The average molecular weight is 574 g/mol. The summed E-state index contributed by atoms with van der Waals surface area (Å²) in [5, 5.41) is 20.2. The zero-order valence-electron chi connectivity index (χ0n) is 22.5. The number of aryl methyl sites for hydroxylation is 2. The van der Waals surface area contributed by atoms with Crippen LogP contribution in [0.4, 0.5) is 9.52 Å². The van der Waals surface area contributed by atoms with Crippen LogP contribution in [0.3, 0.4) is 0 Å². The number of Topliss-reactive ketones (excluding diaryl/α,β-unsaturated/α-hetero) is 1. The first-order chi connectivity index (χ1) is 19.2. The second-order valence-corrected chi connectivity index (χ2v) is 12.2. The lowest BCUT2D eigenvalue weighted by Crippen LogP contribution is -2.29. The number of hydrogen-bond acceptors (Lipinski definition) is 7. The Morgan fingerprint density at radius 2 is 1.77 bits per heavy atom. The minimum atomic E-state index is -0.890. The molecule has 1 unspecified atom stereocenters. The molecular formula is C31H28FN3O3S2. The zero-order valence-corrected chi connectivity index (χ0v) is 24.1. The minimum Gasteiger partial charge on any atom is -0.507 e. The number of rotatable bonds is 7. The monoisotopic (exact) mass is 573 g/mol. The van der Waals surface area contributed by atoms with Crippen molar-refractivity contribution in [2.24, 2.45) is 0 Å². The highest BCUT2D eigenvalue weighted by atomic mass is 32.2. The fourth-order valence-corrected chi connectivity index (χ4v) is 6.51. The molecule has 2 heterocycles. The summed E-state index contributed by atoms with van der Waals surface area (Å²) in [7, 11) is 0. The number of amides is 1. The summed E-state index contributed by atoms with van der Waals surface area (Å²) in [5.74, 6) is -1.46. The number of nitrogens with zero attached hydrogens (tertiary/aromatic N) is 3. The second-order valence-electron chi connectivity index (χ2n) is 10.0. The van der Waals surface area contributed by atoms with Crippen LogP contribution in [-0.2, 0) is 15.3 Å². The van der Waals surface area contributed by atoms with Gasteiger partial charge in [0.25, 0.3) is 5.78 Å². The number of aliphatic hydroxyl groups is 1. The maximum atomic E-state index is 14.1. The number of anilines is 1. The molecule has 204 valence electrons. The molecule has 1 amide bonds. The molecule has 3 aromatic carbocycles. The molecule has 1 aromatic heterocycles. The number of carbonyl (C=O) groups is 2. The highest BCUT2D eigenvalue weighted by Gasteiger charge is 2.48. The predicted molar refractivity (Wildman–Crippen MR) is 157 cm³/mol. The van der Waals surface area contributed by atoms with Gasteiger partial charge in [-0.2, -0.15) is 0 Å². The summed E-state index contributed by atoms with van der Waals surface area (Å²) in [6, 6.07) is 18.9. The Kier molecular flexibility index (Phi) is 7.87. The highest BCUT2D eigenvalue weighted by molar-refractivity contribution is 8.00. The molecule has 6 nitrogen and oxygen atoms in total. The van der Waals surface area contributed by atoms with E-state index in [1.807, 2.05) is 50.2 Å². The Morgan fingerprint density at radius 1 is 1.05 bits per heavy atom. The van der Waals surface area contributed by atoms with Crippen LogP contribution in [0.25, 0.3) is 5.76 Å². The van der Waals surface area contributed by atoms with Gasteiger partial charge in [0.2, 0.25) is 5.13 Å². The molecule has 1 aliphatic rings. The van der Waals surface area contributed by atoms with Crippen LogP contribution in [0, 0.1) is 19.7 Å². The SMILES string of the molecule is Cc1ccc(C)c(/C(O)=C2\C(=O)C(=O)N(c3nnc(SCc4ccccc4F)s3)C2c2ccc(C(C)C)cc2)c1. The van der Waals surface area contributed by atoms with Crippen LogP contribution in [0.15, 0.2) is 76.6 Å². The quantitative estimate of drug-likeness (QED) is 0.0819. The van der Waals surface area contributed by atoms with Crippen molar-refractivity contribution in [3.8, 4) is 0 Å². The third kappa shape index (κ3) is 5.31. The molecule has 1 saturated heterocycles. The number of halogens is 1. The number of aromatic nitrogens is 2. The molecule has 5 rings (SSSR count). The van der Waals surface area contributed by atoms with Gasteiger partial charge in [-0.1, -0.05) is 97.1 Å². The van der Waals surface area contributed by atoms with Crippen molar-refractivity contribution in [2.75, 3.05) is 4.90 Å². The zero-order chi connectivity index (χ0) is 28.6. The molecule has 1 atom stereocenters. The van der Waals surface area contributed by atoms with Gasteiger partial charge in [-0.05, 0) is 54.2 Å². The number of thioether (sulfide) groups is 1. The lowest BCUT2D eigenvalue weighted by molar-refractivity contribution is -0.132. The fourth-order valence-electron chi connectivity index (χ4n) is 4.66. The minimum absolute atomic E-state index is 0.00626. The van der Waals surface area contributed by atoms with Gasteiger partial charge in [-0.15, -0.1) is 10.2 Å². The van der Waals surface area contributed by atoms with E-state index in [2.05, 4.69) is 24.0 Å². The lowest BCUT2D eigenvalue weighted by Gasteiger charge is -2.23. The van der Waals surface area contributed by atoms with E-state index in [1.54, 1.807) is 24.3 Å². The third-order valence-electron chi connectivity index (χ3n) is 6.92. The van der Waals surface area contributed by atoms with Crippen LogP contribution >= 0.6 is 23.1 Å². The Bertz CT molecular complexity index is 1630. The molecular weight excluding hydrogens is 545 g/mol. The second kappa shape index (κ2) is 11.3. The summed E-state index contributed by atoms with van der Waals surface area (Å²) >= 11 is 2.45. The number of benzene rings is 3. The highest BCUT2D eigenvalue weighted by Crippen LogP contribution is 2.44. The Balaban J connectivity index is 1.58. The molecule has 1 fully saturated rings. The lowest BCUT2D eigenvalue weighted by atomic mass is 9.92. The van der Waals surface area contributed by atoms with Crippen molar-refractivity contribution < 1.29 is 19.1 Å². The van der Waals surface area contributed by atoms with Crippen molar-refractivity contribution in [1.29, 1.82) is 0 Å². The molecule has 0 bridgehead atoms. The van der Waals surface area contributed by atoms with E-state index in [9.17, 15) is 19.1 Å². The van der Waals surface area contributed by atoms with E-state index in [1.165, 1.54) is 22.7 Å². The molecule has 1 aliphatic heterocycles. The molecule has 1 N–H and O–H groups in total. The van der Waals surface area contributed by atoms with Crippen LogP contribution in [0.1, 0.15) is 59.2 Å². The van der Waals surface area contributed by atoms with Gasteiger partial charge in [-0.3, -0.25) is 14.5 Å². The maximum Gasteiger partial charge on any atom is 0.301 e. The van der Waals surface area contributed by atoms with Crippen molar-refractivity contribution in [1.82, 2.24) is 10.2 Å². The van der Waals surface area contributed by atoms with Gasteiger partial charge in [0.1, 0.15) is 11.6 Å². The van der Waals surface area contributed by atoms with Crippen molar-refractivity contribution in [3.63, 3.8) is 0 Å².